The maximum Gasteiger partial charge on any atom is 0.162 e. The molecule has 5 heteroatoms. The van der Waals surface area contributed by atoms with Crippen molar-refractivity contribution in [2.24, 2.45) is 12.5 Å². The minimum Gasteiger partial charge on any atom is -0.378 e. The summed E-state index contributed by atoms with van der Waals surface area (Å²) >= 11 is 0. The molecule has 1 aliphatic heterocycles. The summed E-state index contributed by atoms with van der Waals surface area (Å²) in [6, 6.07) is 8.34. The molecule has 2 aromatic rings. The number of hydrogen-bond donors (Lipinski definition) is 1. The molecule has 1 aromatic heterocycles. The van der Waals surface area contributed by atoms with Gasteiger partial charge in [0.2, 0.25) is 0 Å². The Bertz CT molecular complexity index is 947. The van der Waals surface area contributed by atoms with Gasteiger partial charge in [-0.3, -0.25) is 9.48 Å². The molecule has 4 rings (SSSR count). The molecule has 0 radical (unpaired) electrons. The van der Waals surface area contributed by atoms with Crippen LogP contribution in [0.3, 0.4) is 0 Å². The Kier molecular flexibility index (Phi) is 3.95. The van der Waals surface area contributed by atoms with Crippen molar-refractivity contribution in [3.05, 3.63) is 46.7 Å². The lowest BCUT2D eigenvalue weighted by Gasteiger charge is -2.39. The summed E-state index contributed by atoms with van der Waals surface area (Å²) < 4.78 is 1.90. The molecular weight excluding hydrogens is 336 g/mol. The van der Waals surface area contributed by atoms with Gasteiger partial charge in [0, 0.05) is 44.4 Å². The first-order chi connectivity index (χ1) is 12.7. The molecule has 1 aliphatic carbocycles. The third kappa shape index (κ3) is 2.85. The molecule has 0 fully saturated rings. The zero-order valence-corrected chi connectivity index (χ0v) is 17.1. The molecule has 1 aromatic carbocycles. The fourth-order valence-electron chi connectivity index (χ4n) is 4.50. The van der Waals surface area contributed by atoms with E-state index in [1.807, 2.05) is 32.7 Å². The number of ketones is 1. The van der Waals surface area contributed by atoms with E-state index in [9.17, 15) is 4.79 Å². The molecule has 5 nitrogen and oxygen atoms in total. The number of benzene rings is 1. The zero-order valence-electron chi connectivity index (χ0n) is 17.1. The summed E-state index contributed by atoms with van der Waals surface area (Å²) in [4.78, 5) is 15.3. The van der Waals surface area contributed by atoms with Gasteiger partial charge in [0.1, 0.15) is 5.82 Å². The lowest BCUT2D eigenvalue weighted by atomic mass is 9.68. The van der Waals surface area contributed by atoms with E-state index in [2.05, 4.69) is 53.4 Å². The van der Waals surface area contributed by atoms with Gasteiger partial charge in [0.25, 0.3) is 0 Å². The maximum absolute atomic E-state index is 13.2. The Balaban J connectivity index is 1.89. The normalized spacial score (nSPS) is 20.8. The van der Waals surface area contributed by atoms with Crippen LogP contribution in [0.5, 0.6) is 0 Å². The van der Waals surface area contributed by atoms with Gasteiger partial charge in [-0.25, -0.2) is 0 Å². The predicted octanol–water partition coefficient (Wildman–Crippen LogP) is 4.10. The van der Waals surface area contributed by atoms with E-state index in [1.54, 1.807) is 0 Å². The quantitative estimate of drug-likeness (QED) is 0.871. The smallest absolute Gasteiger partial charge is 0.162 e. The highest BCUT2D eigenvalue weighted by atomic mass is 16.1. The minimum atomic E-state index is -0.123. The van der Waals surface area contributed by atoms with Crippen LogP contribution < -0.4 is 10.2 Å². The maximum atomic E-state index is 13.2. The van der Waals surface area contributed by atoms with Crippen molar-refractivity contribution in [3.63, 3.8) is 0 Å². The fourth-order valence-corrected chi connectivity index (χ4v) is 4.50. The summed E-state index contributed by atoms with van der Waals surface area (Å²) in [6.07, 6.45) is 1.50. The molecule has 0 spiro atoms. The summed E-state index contributed by atoms with van der Waals surface area (Å²) in [6.45, 7) is 6.40. The van der Waals surface area contributed by atoms with Crippen LogP contribution in [0.15, 0.2) is 29.8 Å². The van der Waals surface area contributed by atoms with E-state index < -0.39 is 0 Å². The fraction of sp³-hybridized carbons (Fsp3) is 0.455. The van der Waals surface area contributed by atoms with Crippen molar-refractivity contribution in [2.45, 2.75) is 39.7 Å². The van der Waals surface area contributed by atoms with Gasteiger partial charge in [0.15, 0.2) is 5.78 Å². The van der Waals surface area contributed by atoms with E-state index in [0.717, 1.165) is 40.3 Å². The predicted molar refractivity (Wildman–Crippen MR) is 110 cm³/mol. The Morgan fingerprint density at radius 3 is 2.48 bits per heavy atom. The van der Waals surface area contributed by atoms with Crippen LogP contribution in [0.1, 0.15) is 49.6 Å². The molecule has 1 N–H and O–H groups in total. The highest BCUT2D eigenvalue weighted by molar-refractivity contribution is 6.08. The van der Waals surface area contributed by atoms with E-state index in [4.69, 9.17) is 0 Å². The van der Waals surface area contributed by atoms with Crippen molar-refractivity contribution in [2.75, 3.05) is 24.3 Å². The van der Waals surface area contributed by atoms with Gasteiger partial charge in [-0.1, -0.05) is 26.0 Å². The molecule has 0 saturated heterocycles. The molecule has 142 valence electrons. The molecule has 0 saturated carbocycles. The number of nitrogens with zero attached hydrogens (tertiary/aromatic N) is 3. The van der Waals surface area contributed by atoms with E-state index in [0.29, 0.717) is 6.42 Å². The molecule has 27 heavy (non-hydrogen) atoms. The minimum absolute atomic E-state index is 0.0217. The third-order valence-corrected chi connectivity index (χ3v) is 5.76. The molecule has 2 aliphatic rings. The molecular formula is C22H28N4O. The second-order valence-electron chi connectivity index (χ2n) is 8.83. The Morgan fingerprint density at radius 2 is 1.85 bits per heavy atom. The molecule has 1 atom stereocenters. The second-order valence-corrected chi connectivity index (χ2v) is 8.83. The number of rotatable bonds is 2. The number of allylic oxidation sites excluding steroid dienone is 1. The van der Waals surface area contributed by atoms with Crippen molar-refractivity contribution < 1.29 is 4.79 Å². The van der Waals surface area contributed by atoms with E-state index >= 15 is 0 Å². The van der Waals surface area contributed by atoms with Crippen LogP contribution in [0, 0.1) is 12.3 Å². The van der Waals surface area contributed by atoms with Gasteiger partial charge >= 0.3 is 0 Å². The molecule has 2 heterocycles. The summed E-state index contributed by atoms with van der Waals surface area (Å²) in [5.74, 6) is 1.27. The van der Waals surface area contributed by atoms with Gasteiger partial charge in [-0.05, 0) is 42.0 Å². The first-order valence-electron chi connectivity index (χ1n) is 9.52. The monoisotopic (exact) mass is 364 g/mol. The molecule has 1 unspecified atom stereocenters. The number of carbonyl (C=O) groups excluding carboxylic acids is 1. The molecule has 0 bridgehead atoms. The number of aryl methyl sites for hydroxylation is 2. The highest BCUT2D eigenvalue weighted by Gasteiger charge is 2.42. The van der Waals surface area contributed by atoms with Crippen LogP contribution in [0.2, 0.25) is 0 Å². The second kappa shape index (κ2) is 5.98. The number of hydrogen-bond acceptors (Lipinski definition) is 4. The largest absolute Gasteiger partial charge is 0.378 e. The van der Waals surface area contributed by atoms with E-state index in [1.165, 1.54) is 5.57 Å². The van der Waals surface area contributed by atoms with Crippen molar-refractivity contribution in [3.8, 4) is 0 Å². The van der Waals surface area contributed by atoms with Crippen LogP contribution in [0.25, 0.3) is 5.57 Å². The topological polar surface area (TPSA) is 50.2 Å². The van der Waals surface area contributed by atoms with Crippen molar-refractivity contribution >= 4 is 22.9 Å². The van der Waals surface area contributed by atoms with Gasteiger partial charge in [-0.2, -0.15) is 5.10 Å². The third-order valence-electron chi connectivity index (χ3n) is 5.76. The van der Waals surface area contributed by atoms with Crippen LogP contribution in [0.4, 0.5) is 11.5 Å². The lowest BCUT2D eigenvalue weighted by Crippen LogP contribution is -2.33. The Morgan fingerprint density at radius 1 is 1.19 bits per heavy atom. The summed E-state index contributed by atoms with van der Waals surface area (Å²) in [5.41, 5.74) is 6.45. The number of aromatic nitrogens is 2. The number of fused-ring (bicyclic) bond motifs is 2. The van der Waals surface area contributed by atoms with Crippen LogP contribution >= 0.6 is 0 Å². The highest BCUT2D eigenvalue weighted by Crippen LogP contribution is 2.51. The molecule has 0 amide bonds. The van der Waals surface area contributed by atoms with Crippen molar-refractivity contribution in [1.29, 1.82) is 0 Å². The Hall–Kier alpha value is -2.56. The number of anilines is 2. The number of Topliss-reactive ketones (excluding diaryl/α,β-unsaturated/α-hetero) is 1. The van der Waals surface area contributed by atoms with E-state index in [-0.39, 0.29) is 17.2 Å². The first-order valence-corrected chi connectivity index (χ1v) is 9.52. The zero-order chi connectivity index (χ0) is 19.5. The Labute approximate surface area is 161 Å². The van der Waals surface area contributed by atoms with Crippen molar-refractivity contribution in [1.82, 2.24) is 9.78 Å². The van der Waals surface area contributed by atoms with Crippen LogP contribution in [-0.4, -0.2) is 29.7 Å². The summed E-state index contributed by atoms with van der Waals surface area (Å²) in [7, 11) is 6.03. The first kappa shape index (κ1) is 17.8. The number of nitrogens with one attached hydrogen (secondary N) is 1. The SMILES string of the molecule is Cc1nn(C)c2c1C1=C(C(=O)CC(C)(C)C1)C(c1ccc(N(C)C)cc1)N2. The average molecular weight is 364 g/mol. The van der Waals surface area contributed by atoms with Crippen LogP contribution in [-0.2, 0) is 11.8 Å². The van der Waals surface area contributed by atoms with Gasteiger partial charge < -0.3 is 10.2 Å². The lowest BCUT2D eigenvalue weighted by molar-refractivity contribution is -0.118. The number of carbonyl (C=O) groups is 1. The van der Waals surface area contributed by atoms with Gasteiger partial charge in [-0.15, -0.1) is 0 Å². The average Bonchev–Trinajstić information content (AvgIpc) is 2.87. The van der Waals surface area contributed by atoms with Gasteiger partial charge in [0.05, 0.1) is 11.7 Å². The standard InChI is InChI=1S/C22H28N4O/c1-13-18-16-11-22(2,3)12-17(27)19(16)20(23-21(18)26(6)24-13)14-7-9-15(10-8-14)25(4)5/h7-10,20,23H,11-12H2,1-6H3. The summed E-state index contributed by atoms with van der Waals surface area (Å²) in [5, 5.41) is 8.24.